The first-order chi connectivity index (χ1) is 13.9. The van der Waals surface area contributed by atoms with Crippen LogP contribution in [0.2, 0.25) is 0 Å². The van der Waals surface area contributed by atoms with Crippen LogP contribution in [0.25, 0.3) is 0 Å². The maximum Gasteiger partial charge on any atom is 0.240 e. The highest BCUT2D eigenvalue weighted by molar-refractivity contribution is 6.02. The molecule has 1 aliphatic rings. The molecule has 8 heteroatoms. The van der Waals surface area contributed by atoms with Gasteiger partial charge in [0.2, 0.25) is 5.91 Å². The Morgan fingerprint density at radius 3 is 2.66 bits per heavy atom. The van der Waals surface area contributed by atoms with Gasteiger partial charge in [0, 0.05) is 6.42 Å². The van der Waals surface area contributed by atoms with E-state index in [1.807, 2.05) is 0 Å². The van der Waals surface area contributed by atoms with Gasteiger partial charge >= 0.3 is 0 Å². The second kappa shape index (κ2) is 7.20. The monoisotopic (exact) mass is 396 g/mol. The minimum Gasteiger partial charge on any atom is -0.485 e. The fourth-order valence-electron chi connectivity index (χ4n) is 3.33. The number of pyridine rings is 1. The number of aryl methyl sites for hydroxylation is 2. The molecule has 0 saturated heterocycles. The third kappa shape index (κ3) is 3.65. The Morgan fingerprint density at radius 2 is 1.97 bits per heavy atom. The maximum absolute atomic E-state index is 13.9. The molecule has 1 amide bonds. The van der Waals surface area contributed by atoms with E-state index in [0.29, 0.717) is 29.3 Å². The summed E-state index contributed by atoms with van der Waals surface area (Å²) in [4.78, 5) is 25.4. The minimum absolute atomic E-state index is 0.202. The van der Waals surface area contributed by atoms with E-state index in [4.69, 9.17) is 4.74 Å². The summed E-state index contributed by atoms with van der Waals surface area (Å²) < 4.78 is 33.0. The lowest BCUT2D eigenvalue weighted by Gasteiger charge is -2.18. The van der Waals surface area contributed by atoms with Crippen molar-refractivity contribution in [1.29, 1.82) is 0 Å². The van der Waals surface area contributed by atoms with Crippen molar-refractivity contribution in [2.75, 3.05) is 5.32 Å². The average molecular weight is 396 g/mol. The Kier molecular flexibility index (Phi) is 4.70. The molecule has 0 spiro atoms. The molecule has 1 fully saturated rings. The average Bonchev–Trinajstić information content (AvgIpc) is 3.41. The smallest absolute Gasteiger partial charge is 0.240 e. The number of rotatable bonds is 5. The van der Waals surface area contributed by atoms with Crippen LogP contribution in [0.1, 0.15) is 23.5 Å². The number of amides is 1. The van der Waals surface area contributed by atoms with Gasteiger partial charge in [-0.05, 0) is 43.7 Å². The van der Waals surface area contributed by atoms with Gasteiger partial charge in [0.05, 0.1) is 18.1 Å². The molecular formula is C21H18F2N4O2. The van der Waals surface area contributed by atoms with Crippen molar-refractivity contribution in [2.45, 2.75) is 31.8 Å². The summed E-state index contributed by atoms with van der Waals surface area (Å²) in [6.45, 7) is 3.56. The topological polar surface area (TPSA) is 77.0 Å². The number of hydrogen-bond acceptors (Lipinski definition) is 5. The van der Waals surface area contributed by atoms with Gasteiger partial charge in [-0.15, -0.1) is 0 Å². The van der Waals surface area contributed by atoms with Crippen LogP contribution in [-0.2, 0) is 10.2 Å². The van der Waals surface area contributed by atoms with Crippen molar-refractivity contribution >= 4 is 11.7 Å². The summed E-state index contributed by atoms with van der Waals surface area (Å²) in [7, 11) is 0. The number of benzene rings is 1. The van der Waals surface area contributed by atoms with Crippen molar-refractivity contribution in [3.05, 3.63) is 77.5 Å². The van der Waals surface area contributed by atoms with Crippen LogP contribution in [0.4, 0.5) is 14.6 Å². The van der Waals surface area contributed by atoms with Crippen molar-refractivity contribution < 1.29 is 18.3 Å². The highest BCUT2D eigenvalue weighted by Gasteiger charge is 2.64. The molecule has 6 nitrogen and oxygen atoms in total. The number of nitrogens with one attached hydrogen (secondary N) is 1. The standard InChI is InChI=1S/C21H18F2N4O2/c1-12-17(11-24-13(2)26-12)29-18-9-21(18,14-4-3-5-15(22)8-14)20(28)27-19-7-6-16(23)10-25-19/h3-8,10-11,18H,9H2,1-2H3,(H,25,27,28)/t18-,21-/m1/s1. The zero-order chi connectivity index (χ0) is 20.6. The molecule has 0 radical (unpaired) electrons. The molecule has 0 aliphatic heterocycles. The quantitative estimate of drug-likeness (QED) is 0.714. The molecule has 3 aromatic rings. The van der Waals surface area contributed by atoms with E-state index in [9.17, 15) is 13.6 Å². The summed E-state index contributed by atoms with van der Waals surface area (Å²) in [5, 5.41) is 2.68. The van der Waals surface area contributed by atoms with Gasteiger partial charge in [-0.1, -0.05) is 12.1 Å². The Balaban J connectivity index is 1.64. The highest BCUT2D eigenvalue weighted by Crippen LogP contribution is 2.51. The predicted octanol–water partition coefficient (Wildman–Crippen LogP) is 3.49. The summed E-state index contributed by atoms with van der Waals surface area (Å²) in [6, 6.07) is 8.43. The molecule has 148 valence electrons. The fraction of sp³-hybridized carbons (Fsp3) is 0.238. The van der Waals surface area contributed by atoms with Gasteiger partial charge in [-0.2, -0.15) is 0 Å². The van der Waals surface area contributed by atoms with E-state index in [1.165, 1.54) is 24.3 Å². The second-order valence-electron chi connectivity index (χ2n) is 6.97. The maximum atomic E-state index is 13.9. The normalized spacial score (nSPS) is 20.2. The number of aromatic nitrogens is 3. The highest BCUT2D eigenvalue weighted by atomic mass is 19.1. The van der Waals surface area contributed by atoms with Crippen molar-refractivity contribution in [2.24, 2.45) is 0 Å². The van der Waals surface area contributed by atoms with Gasteiger partial charge in [0.15, 0.2) is 5.75 Å². The molecule has 2 atom stereocenters. The first-order valence-corrected chi connectivity index (χ1v) is 9.04. The zero-order valence-corrected chi connectivity index (χ0v) is 15.8. The van der Waals surface area contributed by atoms with Crippen molar-refractivity contribution in [1.82, 2.24) is 15.0 Å². The third-order valence-corrected chi connectivity index (χ3v) is 4.93. The van der Waals surface area contributed by atoms with Crippen LogP contribution in [0.15, 0.2) is 48.8 Å². The van der Waals surface area contributed by atoms with Gasteiger partial charge in [-0.3, -0.25) is 4.79 Å². The Hall–Kier alpha value is -3.42. The third-order valence-electron chi connectivity index (χ3n) is 4.93. The van der Waals surface area contributed by atoms with Crippen molar-refractivity contribution in [3.8, 4) is 5.75 Å². The number of halogens is 2. The van der Waals surface area contributed by atoms with E-state index in [2.05, 4.69) is 20.3 Å². The summed E-state index contributed by atoms with van der Waals surface area (Å²) >= 11 is 0. The SMILES string of the molecule is Cc1ncc(O[C@@H]2C[C@@]2(C(=O)Nc2ccc(F)cn2)c2cccc(F)c2)c(C)n1. The van der Waals surface area contributed by atoms with Gasteiger partial charge in [-0.25, -0.2) is 23.7 Å². The van der Waals surface area contributed by atoms with E-state index in [1.54, 1.807) is 32.2 Å². The number of hydrogen-bond donors (Lipinski definition) is 1. The molecule has 1 N–H and O–H groups in total. The number of anilines is 1. The summed E-state index contributed by atoms with van der Waals surface area (Å²) in [5.74, 6) is -0.0836. The lowest BCUT2D eigenvalue weighted by molar-refractivity contribution is -0.119. The second-order valence-corrected chi connectivity index (χ2v) is 6.97. The first kappa shape index (κ1) is 18.9. The van der Waals surface area contributed by atoms with Crippen LogP contribution in [0, 0.1) is 25.5 Å². The van der Waals surface area contributed by atoms with Gasteiger partial charge in [0.1, 0.15) is 34.8 Å². The Morgan fingerprint density at radius 1 is 1.14 bits per heavy atom. The summed E-state index contributed by atoms with van der Waals surface area (Å²) in [6.07, 6.45) is 2.38. The van der Waals surface area contributed by atoms with E-state index in [-0.39, 0.29) is 5.82 Å². The molecule has 2 aromatic heterocycles. The van der Waals surface area contributed by atoms with Crippen LogP contribution < -0.4 is 10.1 Å². The van der Waals surface area contributed by atoms with Crippen LogP contribution >= 0.6 is 0 Å². The number of nitrogens with zero attached hydrogens (tertiary/aromatic N) is 3. The zero-order valence-electron chi connectivity index (χ0n) is 15.8. The first-order valence-electron chi connectivity index (χ1n) is 9.04. The predicted molar refractivity (Wildman–Crippen MR) is 101 cm³/mol. The molecule has 29 heavy (non-hydrogen) atoms. The van der Waals surface area contributed by atoms with E-state index in [0.717, 1.165) is 6.20 Å². The van der Waals surface area contributed by atoms with Gasteiger partial charge in [0.25, 0.3) is 0 Å². The molecule has 0 bridgehead atoms. The lowest BCUT2D eigenvalue weighted by Crippen LogP contribution is -2.33. The number of carbonyl (C=O) groups is 1. The van der Waals surface area contributed by atoms with E-state index < -0.39 is 29.1 Å². The molecule has 1 aromatic carbocycles. The Bertz CT molecular complexity index is 1070. The molecule has 4 rings (SSSR count). The number of carbonyl (C=O) groups excluding carboxylic acids is 1. The van der Waals surface area contributed by atoms with E-state index >= 15 is 0 Å². The molecule has 2 heterocycles. The van der Waals surface area contributed by atoms with Crippen LogP contribution in [0.3, 0.4) is 0 Å². The Labute approximate surface area is 166 Å². The van der Waals surface area contributed by atoms with Crippen molar-refractivity contribution in [3.63, 3.8) is 0 Å². The molecule has 1 aliphatic carbocycles. The molecular weight excluding hydrogens is 378 g/mol. The number of ether oxygens (including phenoxy) is 1. The molecule has 0 unspecified atom stereocenters. The fourth-order valence-corrected chi connectivity index (χ4v) is 3.33. The molecule has 1 saturated carbocycles. The lowest BCUT2D eigenvalue weighted by atomic mass is 9.94. The van der Waals surface area contributed by atoms with Crippen LogP contribution in [-0.4, -0.2) is 27.0 Å². The van der Waals surface area contributed by atoms with Crippen LogP contribution in [0.5, 0.6) is 5.75 Å². The minimum atomic E-state index is -1.10. The summed E-state index contributed by atoms with van der Waals surface area (Å²) in [5.41, 5.74) is 0.0427. The van der Waals surface area contributed by atoms with Gasteiger partial charge < -0.3 is 10.1 Å². The largest absolute Gasteiger partial charge is 0.485 e.